The van der Waals surface area contributed by atoms with E-state index in [1.54, 1.807) is 30.3 Å². The Morgan fingerprint density at radius 3 is 2.96 bits per heavy atom. The zero-order valence-electron chi connectivity index (χ0n) is 25.1. The Hall–Kier alpha value is -3.14. The van der Waals surface area contributed by atoms with E-state index in [9.17, 15) is 4.79 Å². The number of ether oxygens (including phenoxy) is 1. The van der Waals surface area contributed by atoms with Crippen molar-refractivity contribution in [3.63, 3.8) is 0 Å². The van der Waals surface area contributed by atoms with Crippen LogP contribution in [0.25, 0.3) is 21.8 Å². The van der Waals surface area contributed by atoms with Gasteiger partial charge in [-0.05, 0) is 24.6 Å². The fraction of sp³-hybridized carbons (Fsp3) is 0.217. The first-order valence-corrected chi connectivity index (χ1v) is 8.11. The maximum atomic E-state index is 13.3. The van der Waals surface area contributed by atoms with Crippen molar-refractivity contribution in [3.05, 3.63) is 72.6 Å². The zero-order valence-corrected chi connectivity index (χ0v) is 14.1. The molecule has 0 aliphatic carbocycles. The van der Waals surface area contributed by atoms with Gasteiger partial charge >= 0.3 is 5.97 Å². The van der Waals surface area contributed by atoms with E-state index in [0.717, 1.165) is 6.20 Å². The lowest BCUT2D eigenvalue weighted by Crippen LogP contribution is -2.08. The van der Waals surface area contributed by atoms with Crippen LogP contribution in [0.3, 0.4) is 0 Å². The molecule has 0 radical (unpaired) electrons. The van der Waals surface area contributed by atoms with Crippen LogP contribution in [0.5, 0.6) is 5.75 Å². The van der Waals surface area contributed by atoms with E-state index in [0.29, 0.717) is 15.5 Å². The number of esters is 1. The number of para-hydroxylation sites is 2. The number of hydrogen-bond acceptors (Lipinski definition) is 3. The van der Waals surface area contributed by atoms with E-state index in [4.69, 9.17) is 19.8 Å². The highest BCUT2D eigenvalue weighted by Gasteiger charge is 2.18. The van der Waals surface area contributed by atoms with Gasteiger partial charge < -0.3 is 9.30 Å². The monoisotopic (exact) mass is 369 g/mol. The summed E-state index contributed by atoms with van der Waals surface area (Å²) in [5.74, 6) is -0.791. The lowest BCUT2D eigenvalue weighted by atomic mass is 10.2. The second-order valence-electron chi connectivity index (χ2n) is 5.64. The molecule has 0 amide bonds. The molecule has 4 nitrogen and oxygen atoms in total. The molecular weight excluding hydrogens is 336 g/mol. The number of carbonyl (C=O) groups excluding carboxylic acids is 1. The largest absolute Gasteiger partial charge is 0.421 e. The second kappa shape index (κ2) is 7.62. The number of carbonyl (C=O) groups is 1. The summed E-state index contributed by atoms with van der Waals surface area (Å²) in [6, 6.07) is 14.3. The van der Waals surface area contributed by atoms with Crippen molar-refractivity contribution in [3.8, 4) is 5.75 Å². The summed E-state index contributed by atoms with van der Waals surface area (Å²) in [5, 5.41) is 0.861. The van der Waals surface area contributed by atoms with Crippen molar-refractivity contribution >= 4 is 27.8 Å². The van der Waals surface area contributed by atoms with Crippen LogP contribution in [0.1, 0.15) is 51.4 Å². The van der Waals surface area contributed by atoms with E-state index in [2.05, 4.69) is 4.98 Å². The molecule has 0 fully saturated rings. The molecule has 4 heteroatoms. The van der Waals surface area contributed by atoms with Crippen molar-refractivity contribution in [2.24, 2.45) is 0 Å². The lowest BCUT2D eigenvalue weighted by Gasteiger charge is -2.06. The van der Waals surface area contributed by atoms with Gasteiger partial charge in [-0.25, -0.2) is 4.79 Å². The standard InChI is InChI=1S/C23H22N2O2/c1-2-3-6-15-25-16-19(18-11-4-5-12-20(18)25)23(26)27-21-13-7-9-17-10-8-14-24-22(17)21/h4-5,7-14,16H,2-3,6,15H2,1H3/i1D3,2D2,3D2,6D2,15D2. The van der Waals surface area contributed by atoms with Crippen LogP contribution in [0.2, 0.25) is 0 Å². The van der Waals surface area contributed by atoms with Crippen LogP contribution in [0.4, 0.5) is 0 Å². The maximum Gasteiger partial charge on any atom is 0.345 e. The van der Waals surface area contributed by atoms with Gasteiger partial charge in [0.2, 0.25) is 0 Å². The fourth-order valence-corrected chi connectivity index (χ4v) is 2.87. The van der Waals surface area contributed by atoms with Crippen LogP contribution >= 0.6 is 0 Å². The summed E-state index contributed by atoms with van der Waals surface area (Å²) in [6.45, 7) is -6.96. The first-order chi connectivity index (χ1) is 17.4. The Bertz CT molecular complexity index is 1520. The van der Waals surface area contributed by atoms with Gasteiger partial charge in [0.25, 0.3) is 0 Å². The molecule has 0 saturated heterocycles. The van der Waals surface area contributed by atoms with Crippen LogP contribution in [-0.4, -0.2) is 15.5 Å². The first-order valence-electron chi connectivity index (χ1n) is 13.6. The predicted octanol–water partition coefficient (Wildman–Crippen LogP) is 5.60. The Labute approximate surface area is 173 Å². The highest BCUT2D eigenvalue weighted by atomic mass is 16.5. The minimum Gasteiger partial charge on any atom is -0.421 e. The maximum absolute atomic E-state index is 13.3. The molecule has 27 heavy (non-hydrogen) atoms. The van der Waals surface area contributed by atoms with E-state index >= 15 is 0 Å². The van der Waals surface area contributed by atoms with Crippen LogP contribution in [0.15, 0.2) is 67.0 Å². The van der Waals surface area contributed by atoms with Gasteiger partial charge in [-0.1, -0.05) is 56.0 Å². The van der Waals surface area contributed by atoms with Crippen LogP contribution in [-0.2, 0) is 6.50 Å². The zero-order chi connectivity index (χ0) is 28.3. The van der Waals surface area contributed by atoms with Crippen molar-refractivity contribution < 1.29 is 24.6 Å². The summed E-state index contributed by atoms with van der Waals surface area (Å²) in [7, 11) is 0. The van der Waals surface area contributed by atoms with Gasteiger partial charge in [0.1, 0.15) is 5.52 Å². The summed E-state index contributed by atoms with van der Waals surface area (Å²) in [6.07, 6.45) is -8.86. The minimum atomic E-state index is -3.84. The molecule has 2 aromatic heterocycles. The Balaban J connectivity index is 1.83. The van der Waals surface area contributed by atoms with Gasteiger partial charge in [-0.15, -0.1) is 0 Å². The molecule has 4 rings (SSSR count). The fourth-order valence-electron chi connectivity index (χ4n) is 2.87. The van der Waals surface area contributed by atoms with Gasteiger partial charge in [0.15, 0.2) is 5.75 Å². The first kappa shape index (κ1) is 8.70. The Morgan fingerprint density at radius 1 is 1.15 bits per heavy atom. The summed E-state index contributed by atoms with van der Waals surface area (Å²) in [4.78, 5) is 17.5. The molecule has 0 spiro atoms. The average Bonchev–Trinajstić information content (AvgIpc) is 3.24. The summed E-state index contributed by atoms with van der Waals surface area (Å²) < 4.78 is 94.2. The lowest BCUT2D eigenvalue weighted by molar-refractivity contribution is 0.0738. The van der Waals surface area contributed by atoms with Crippen molar-refractivity contribution in [2.45, 2.75) is 32.5 Å². The molecule has 0 unspecified atom stereocenters. The minimum absolute atomic E-state index is 0.0189. The van der Waals surface area contributed by atoms with Crippen molar-refractivity contribution in [1.82, 2.24) is 9.55 Å². The van der Waals surface area contributed by atoms with E-state index in [-0.39, 0.29) is 22.2 Å². The van der Waals surface area contributed by atoms with E-state index in [1.807, 2.05) is 0 Å². The summed E-state index contributed by atoms with van der Waals surface area (Å²) >= 11 is 0. The number of aryl methyl sites for hydroxylation is 1. The third-order valence-electron chi connectivity index (χ3n) is 4.03. The molecule has 0 N–H and O–H groups in total. The molecule has 0 saturated carbocycles. The Morgan fingerprint density at radius 2 is 2.04 bits per heavy atom. The molecule has 0 aliphatic heterocycles. The van der Waals surface area contributed by atoms with Crippen LogP contribution in [0, 0.1) is 0 Å². The smallest absolute Gasteiger partial charge is 0.345 e. The average molecular weight is 370 g/mol. The van der Waals surface area contributed by atoms with Gasteiger partial charge in [-0.3, -0.25) is 4.98 Å². The Kier molecular flexibility index (Phi) is 2.46. The van der Waals surface area contributed by atoms with Gasteiger partial charge in [0, 0.05) is 50.3 Å². The van der Waals surface area contributed by atoms with E-state index in [1.165, 1.54) is 30.5 Å². The normalized spacial score (nSPS) is 19.8. The number of nitrogens with zero attached hydrogens (tertiary/aromatic N) is 2. The third-order valence-corrected chi connectivity index (χ3v) is 4.03. The van der Waals surface area contributed by atoms with Crippen molar-refractivity contribution in [2.75, 3.05) is 0 Å². The number of pyridine rings is 1. The number of rotatable bonds is 6. The topological polar surface area (TPSA) is 44.1 Å². The molecule has 136 valence electrons. The third kappa shape index (κ3) is 3.43. The molecular formula is C23H22N2O2. The molecule has 0 atom stereocenters. The van der Waals surface area contributed by atoms with E-state index < -0.39 is 38.4 Å². The molecule has 2 heterocycles. The van der Waals surface area contributed by atoms with Crippen molar-refractivity contribution in [1.29, 1.82) is 0 Å². The number of fused-ring (bicyclic) bond motifs is 2. The predicted molar refractivity (Wildman–Crippen MR) is 108 cm³/mol. The van der Waals surface area contributed by atoms with Gasteiger partial charge in [0.05, 0.1) is 5.56 Å². The second-order valence-corrected chi connectivity index (χ2v) is 5.64. The quantitative estimate of drug-likeness (QED) is 0.328. The summed E-state index contributed by atoms with van der Waals surface area (Å²) in [5.41, 5.74) is 0.209. The molecule has 0 bridgehead atoms. The molecule has 4 aromatic rings. The number of aromatic nitrogens is 2. The van der Waals surface area contributed by atoms with Crippen LogP contribution < -0.4 is 4.74 Å². The highest BCUT2D eigenvalue weighted by Crippen LogP contribution is 2.27. The molecule has 0 aliphatic rings. The SMILES string of the molecule is [2H]C([2H])([2H])C([2H])([2H])C([2H])([2H])C([2H])([2H])C([2H])([2H])n1cc(C(=O)Oc2cccc3cccnc23)c2ccccc21. The molecule has 2 aromatic carbocycles. The number of hydrogen-bond donors (Lipinski definition) is 0. The highest BCUT2D eigenvalue weighted by molar-refractivity contribution is 6.05. The number of benzene rings is 2. The van der Waals surface area contributed by atoms with Gasteiger partial charge in [-0.2, -0.15) is 0 Å².